The third-order valence-electron chi connectivity index (χ3n) is 2.68. The largest absolute Gasteiger partial charge is 0.383 e. The molecule has 4 nitrogen and oxygen atoms in total. The molecule has 1 unspecified atom stereocenters. The Bertz CT molecular complexity index is 387. The summed E-state index contributed by atoms with van der Waals surface area (Å²) in [6.07, 6.45) is 0. The third kappa shape index (κ3) is 6.25. The molecule has 0 aliphatic rings. The Balaban J connectivity index is 2.59. The van der Waals surface area contributed by atoms with Crippen LogP contribution < -0.4 is 10.6 Å². The van der Waals surface area contributed by atoms with Crippen LogP contribution in [0.3, 0.4) is 0 Å². The van der Waals surface area contributed by atoms with Gasteiger partial charge in [0.2, 0.25) is 0 Å². The maximum atomic E-state index is 5.11. The summed E-state index contributed by atoms with van der Waals surface area (Å²) in [6, 6.07) is 8.68. The number of aliphatic imine (C=N–C) groups is 1. The Morgan fingerprint density at radius 3 is 2.58 bits per heavy atom. The highest BCUT2D eigenvalue weighted by molar-refractivity contribution is 5.80. The Kier molecular flexibility index (Phi) is 6.97. The molecule has 0 saturated heterocycles. The fourth-order valence-corrected chi connectivity index (χ4v) is 1.71. The Hall–Kier alpha value is -1.55. The van der Waals surface area contributed by atoms with Gasteiger partial charge in [-0.25, -0.2) is 4.99 Å². The van der Waals surface area contributed by atoms with Crippen LogP contribution in [0.25, 0.3) is 0 Å². The second-order valence-electron chi connectivity index (χ2n) is 4.68. The first kappa shape index (κ1) is 15.5. The van der Waals surface area contributed by atoms with E-state index < -0.39 is 0 Å². The highest BCUT2D eigenvalue weighted by atomic mass is 16.5. The highest BCUT2D eigenvalue weighted by Gasteiger charge is 2.04. The molecule has 0 bridgehead atoms. The van der Waals surface area contributed by atoms with Crippen molar-refractivity contribution in [1.29, 1.82) is 0 Å². The predicted octanol–water partition coefficient (Wildman–Crippen LogP) is 2.09. The number of nitrogens with zero attached hydrogens (tertiary/aromatic N) is 1. The Labute approximate surface area is 116 Å². The van der Waals surface area contributed by atoms with Gasteiger partial charge in [0.25, 0.3) is 0 Å². The molecule has 1 rings (SSSR count). The van der Waals surface area contributed by atoms with E-state index in [4.69, 9.17) is 4.74 Å². The highest BCUT2D eigenvalue weighted by Crippen LogP contribution is 2.04. The minimum atomic E-state index is 0.237. The van der Waals surface area contributed by atoms with Crippen molar-refractivity contribution >= 4 is 5.96 Å². The van der Waals surface area contributed by atoms with Gasteiger partial charge < -0.3 is 15.4 Å². The quantitative estimate of drug-likeness (QED) is 0.610. The van der Waals surface area contributed by atoms with Crippen LogP contribution in [0.4, 0.5) is 0 Å². The molecule has 1 atom stereocenters. The van der Waals surface area contributed by atoms with Crippen LogP contribution in [0.1, 0.15) is 25.0 Å². The van der Waals surface area contributed by atoms with E-state index in [9.17, 15) is 0 Å². The first-order valence-corrected chi connectivity index (χ1v) is 6.75. The molecule has 0 aliphatic carbocycles. The lowest BCUT2D eigenvalue weighted by Crippen LogP contribution is -2.43. The number of nitrogens with one attached hydrogen (secondary N) is 2. The average Bonchev–Trinajstić information content (AvgIpc) is 2.38. The zero-order valence-corrected chi connectivity index (χ0v) is 12.4. The molecular formula is C15H25N3O. The smallest absolute Gasteiger partial charge is 0.191 e. The van der Waals surface area contributed by atoms with E-state index in [-0.39, 0.29) is 6.04 Å². The van der Waals surface area contributed by atoms with E-state index >= 15 is 0 Å². The molecule has 1 aromatic carbocycles. The molecule has 0 fully saturated rings. The molecule has 2 N–H and O–H groups in total. The van der Waals surface area contributed by atoms with Crippen molar-refractivity contribution in [1.82, 2.24) is 10.6 Å². The summed E-state index contributed by atoms with van der Waals surface area (Å²) in [7, 11) is 1.70. The van der Waals surface area contributed by atoms with Gasteiger partial charge in [0.15, 0.2) is 5.96 Å². The summed E-state index contributed by atoms with van der Waals surface area (Å²) < 4.78 is 5.11. The molecule has 0 heterocycles. The lowest BCUT2D eigenvalue weighted by Gasteiger charge is -2.17. The van der Waals surface area contributed by atoms with Gasteiger partial charge in [0.05, 0.1) is 13.2 Å². The van der Waals surface area contributed by atoms with Crippen molar-refractivity contribution in [2.24, 2.45) is 4.99 Å². The maximum Gasteiger partial charge on any atom is 0.191 e. The van der Waals surface area contributed by atoms with Gasteiger partial charge in [-0.05, 0) is 26.3 Å². The zero-order valence-electron chi connectivity index (χ0n) is 12.4. The van der Waals surface area contributed by atoms with Crippen molar-refractivity contribution in [3.63, 3.8) is 0 Å². The average molecular weight is 263 g/mol. The molecule has 0 aromatic heterocycles. The molecule has 0 radical (unpaired) electrons. The fraction of sp³-hybridized carbons (Fsp3) is 0.533. The molecule has 0 saturated carbocycles. The first-order valence-electron chi connectivity index (χ1n) is 6.75. The molecule has 4 heteroatoms. The van der Waals surface area contributed by atoms with Gasteiger partial charge in [-0.1, -0.05) is 29.8 Å². The third-order valence-corrected chi connectivity index (χ3v) is 2.68. The van der Waals surface area contributed by atoms with Crippen LogP contribution in [0, 0.1) is 6.92 Å². The van der Waals surface area contributed by atoms with E-state index in [1.165, 1.54) is 11.1 Å². The molecular weight excluding hydrogens is 238 g/mol. The topological polar surface area (TPSA) is 45.7 Å². The number of hydrogen-bond donors (Lipinski definition) is 2. The monoisotopic (exact) mass is 263 g/mol. The van der Waals surface area contributed by atoms with E-state index in [0.717, 1.165) is 12.5 Å². The number of methoxy groups -OCH3 is 1. The number of ether oxygens (including phenoxy) is 1. The van der Waals surface area contributed by atoms with Crippen molar-refractivity contribution in [2.45, 2.75) is 33.4 Å². The van der Waals surface area contributed by atoms with Crippen LogP contribution >= 0.6 is 0 Å². The standard InChI is InChI=1S/C15H25N3O/c1-5-16-15(18-13(3)11-19-4)17-10-14-8-6-12(2)7-9-14/h6-9,13H,5,10-11H2,1-4H3,(H2,16,17,18). The summed E-state index contributed by atoms with van der Waals surface area (Å²) in [6.45, 7) is 8.40. The molecule has 0 spiro atoms. The van der Waals surface area contributed by atoms with Gasteiger partial charge >= 0.3 is 0 Å². The van der Waals surface area contributed by atoms with Crippen molar-refractivity contribution < 1.29 is 4.74 Å². The summed E-state index contributed by atoms with van der Waals surface area (Å²) in [5.74, 6) is 0.827. The molecule has 1 aromatic rings. The second kappa shape index (κ2) is 8.53. The molecule has 106 valence electrons. The molecule has 19 heavy (non-hydrogen) atoms. The zero-order chi connectivity index (χ0) is 14.1. The van der Waals surface area contributed by atoms with Crippen molar-refractivity contribution in [3.05, 3.63) is 35.4 Å². The number of benzene rings is 1. The van der Waals surface area contributed by atoms with Crippen molar-refractivity contribution in [2.75, 3.05) is 20.3 Å². The number of aryl methyl sites for hydroxylation is 1. The van der Waals surface area contributed by atoms with Crippen LogP contribution in [-0.4, -0.2) is 32.3 Å². The van der Waals surface area contributed by atoms with E-state index in [2.05, 4.69) is 60.7 Å². The van der Waals surface area contributed by atoms with Gasteiger partial charge in [0.1, 0.15) is 0 Å². The van der Waals surface area contributed by atoms with Crippen LogP contribution in [0.5, 0.6) is 0 Å². The first-order chi connectivity index (χ1) is 9.15. The molecule has 0 aliphatic heterocycles. The van der Waals surface area contributed by atoms with Gasteiger partial charge in [0, 0.05) is 19.7 Å². The molecule has 0 amide bonds. The predicted molar refractivity (Wildman–Crippen MR) is 80.5 cm³/mol. The van der Waals surface area contributed by atoms with Gasteiger partial charge in [-0.3, -0.25) is 0 Å². The SMILES string of the molecule is CCNC(=NCc1ccc(C)cc1)NC(C)COC. The summed E-state index contributed by atoms with van der Waals surface area (Å²) in [5.41, 5.74) is 2.48. The van der Waals surface area contributed by atoms with E-state index in [1.807, 2.05) is 0 Å². The van der Waals surface area contributed by atoms with Crippen molar-refractivity contribution in [3.8, 4) is 0 Å². The maximum absolute atomic E-state index is 5.11. The second-order valence-corrected chi connectivity index (χ2v) is 4.68. The van der Waals surface area contributed by atoms with Crippen LogP contribution in [0.15, 0.2) is 29.3 Å². The summed E-state index contributed by atoms with van der Waals surface area (Å²) in [4.78, 5) is 4.57. The number of rotatable bonds is 6. The Morgan fingerprint density at radius 2 is 2.00 bits per heavy atom. The lowest BCUT2D eigenvalue weighted by atomic mass is 10.1. The van der Waals surface area contributed by atoms with Gasteiger partial charge in [-0.15, -0.1) is 0 Å². The summed E-state index contributed by atoms with van der Waals surface area (Å²) in [5, 5.41) is 6.55. The lowest BCUT2D eigenvalue weighted by molar-refractivity contribution is 0.179. The Morgan fingerprint density at radius 1 is 1.32 bits per heavy atom. The minimum absolute atomic E-state index is 0.237. The summed E-state index contributed by atoms with van der Waals surface area (Å²) >= 11 is 0. The number of guanidine groups is 1. The van der Waals surface area contributed by atoms with Crippen LogP contribution in [0.2, 0.25) is 0 Å². The van der Waals surface area contributed by atoms with E-state index in [1.54, 1.807) is 7.11 Å². The number of hydrogen-bond acceptors (Lipinski definition) is 2. The van der Waals surface area contributed by atoms with E-state index in [0.29, 0.717) is 13.2 Å². The van der Waals surface area contributed by atoms with Gasteiger partial charge in [-0.2, -0.15) is 0 Å². The van der Waals surface area contributed by atoms with Crippen LogP contribution in [-0.2, 0) is 11.3 Å². The fourth-order valence-electron chi connectivity index (χ4n) is 1.71. The minimum Gasteiger partial charge on any atom is -0.383 e. The normalized spacial score (nSPS) is 13.2.